The zero-order chi connectivity index (χ0) is 16.2. The van der Waals surface area contributed by atoms with E-state index in [2.05, 4.69) is 20.7 Å². The van der Waals surface area contributed by atoms with E-state index in [4.69, 9.17) is 4.74 Å². The van der Waals surface area contributed by atoms with Gasteiger partial charge in [0.2, 0.25) is 0 Å². The lowest BCUT2D eigenvalue weighted by molar-refractivity contribution is 0.0526. The third-order valence-corrected chi connectivity index (χ3v) is 3.23. The maximum Gasteiger partial charge on any atom is 0.338 e. The monoisotopic (exact) mass is 310 g/mol. The van der Waals surface area contributed by atoms with Crippen molar-refractivity contribution >= 4 is 28.6 Å². The van der Waals surface area contributed by atoms with Gasteiger partial charge in [0.15, 0.2) is 0 Å². The van der Waals surface area contributed by atoms with Crippen LogP contribution in [-0.4, -0.2) is 33.9 Å². The molecule has 116 valence electrons. The minimum atomic E-state index is -0.387. The van der Waals surface area contributed by atoms with Crippen molar-refractivity contribution in [2.24, 2.45) is 0 Å². The molecule has 1 aromatic heterocycles. The van der Waals surface area contributed by atoms with E-state index < -0.39 is 0 Å². The van der Waals surface area contributed by atoms with E-state index >= 15 is 0 Å². The molecule has 0 atom stereocenters. The summed E-state index contributed by atoms with van der Waals surface area (Å²) in [5.74, 6) is -0.652. The lowest BCUT2D eigenvalue weighted by Crippen LogP contribution is -2.12. The van der Waals surface area contributed by atoms with Crippen LogP contribution >= 0.6 is 0 Å². The van der Waals surface area contributed by atoms with Gasteiger partial charge in [-0.3, -0.25) is 4.79 Å². The summed E-state index contributed by atoms with van der Waals surface area (Å²) < 4.78 is 4.91. The van der Waals surface area contributed by atoms with E-state index in [-0.39, 0.29) is 11.9 Å². The van der Waals surface area contributed by atoms with Gasteiger partial charge in [0.05, 0.1) is 12.2 Å². The van der Waals surface area contributed by atoms with Crippen molar-refractivity contribution in [2.45, 2.75) is 6.92 Å². The molecule has 0 radical (unpaired) electrons. The van der Waals surface area contributed by atoms with Gasteiger partial charge in [-0.05, 0) is 49.4 Å². The van der Waals surface area contributed by atoms with Crippen molar-refractivity contribution in [3.05, 3.63) is 53.6 Å². The van der Waals surface area contributed by atoms with Gasteiger partial charge in [-0.25, -0.2) is 4.79 Å². The van der Waals surface area contributed by atoms with Crippen LogP contribution in [-0.2, 0) is 4.74 Å². The summed E-state index contributed by atoms with van der Waals surface area (Å²) >= 11 is 0. The first-order valence-electron chi connectivity index (χ1n) is 7.06. The van der Waals surface area contributed by atoms with Crippen LogP contribution in [0.5, 0.6) is 0 Å². The van der Waals surface area contributed by atoms with Crippen LogP contribution in [0.1, 0.15) is 27.6 Å². The fourth-order valence-electron chi connectivity index (χ4n) is 2.09. The average Bonchev–Trinajstić information content (AvgIpc) is 3.03. The number of carbonyl (C=O) groups is 2. The van der Waals surface area contributed by atoms with Crippen LogP contribution in [0, 0.1) is 0 Å². The first-order chi connectivity index (χ1) is 11.2. The summed E-state index contributed by atoms with van der Waals surface area (Å²) in [6.07, 6.45) is 0. The van der Waals surface area contributed by atoms with Gasteiger partial charge in [-0.15, -0.1) is 0 Å². The summed E-state index contributed by atoms with van der Waals surface area (Å²) in [4.78, 5) is 23.8. The maximum atomic E-state index is 12.2. The lowest BCUT2D eigenvalue weighted by Gasteiger charge is -2.06. The first kappa shape index (κ1) is 14.7. The molecule has 0 aliphatic carbocycles. The molecule has 0 aliphatic heterocycles. The number of ether oxygens (including phenoxy) is 1. The number of fused-ring (bicyclic) bond motifs is 1. The van der Waals surface area contributed by atoms with E-state index in [0.717, 1.165) is 0 Å². The molecule has 0 saturated carbocycles. The second-order valence-corrected chi connectivity index (χ2v) is 4.78. The molecule has 7 heteroatoms. The first-order valence-corrected chi connectivity index (χ1v) is 7.06. The Morgan fingerprint density at radius 2 is 1.74 bits per heavy atom. The van der Waals surface area contributed by atoms with Crippen LogP contribution in [0.3, 0.4) is 0 Å². The normalized spacial score (nSPS) is 10.5. The molecule has 0 spiro atoms. The molecule has 1 amide bonds. The van der Waals surface area contributed by atoms with Gasteiger partial charge in [0, 0.05) is 11.3 Å². The number of esters is 1. The van der Waals surface area contributed by atoms with Crippen molar-refractivity contribution in [1.82, 2.24) is 15.4 Å². The maximum absolute atomic E-state index is 12.2. The summed E-state index contributed by atoms with van der Waals surface area (Å²) in [7, 11) is 0. The topological polar surface area (TPSA) is 97.0 Å². The molecule has 0 aliphatic rings. The summed E-state index contributed by atoms with van der Waals surface area (Å²) in [6.45, 7) is 2.07. The second kappa shape index (κ2) is 6.27. The smallest absolute Gasteiger partial charge is 0.338 e. The van der Waals surface area contributed by atoms with Crippen LogP contribution in [0.2, 0.25) is 0 Å². The summed E-state index contributed by atoms with van der Waals surface area (Å²) in [5.41, 5.74) is 2.81. The number of hydrogen-bond donors (Lipinski definition) is 2. The number of nitrogens with one attached hydrogen (secondary N) is 2. The molecule has 7 nitrogen and oxygen atoms in total. The minimum Gasteiger partial charge on any atom is -0.462 e. The van der Waals surface area contributed by atoms with E-state index in [1.54, 1.807) is 49.4 Å². The number of H-pyrrole nitrogens is 1. The molecule has 0 bridgehead atoms. The molecule has 2 N–H and O–H groups in total. The van der Waals surface area contributed by atoms with Crippen molar-refractivity contribution in [1.29, 1.82) is 0 Å². The SMILES string of the molecule is CCOC(=O)c1ccc(NC(=O)c2ccc3n[nH]nc3c2)cc1. The van der Waals surface area contributed by atoms with E-state index in [1.165, 1.54) is 0 Å². The molecule has 23 heavy (non-hydrogen) atoms. The largest absolute Gasteiger partial charge is 0.462 e. The molecule has 3 rings (SSSR count). The molecular formula is C16H14N4O3. The Morgan fingerprint density at radius 1 is 1.04 bits per heavy atom. The van der Waals surface area contributed by atoms with Gasteiger partial charge < -0.3 is 10.1 Å². The van der Waals surface area contributed by atoms with Gasteiger partial charge in [0.1, 0.15) is 11.0 Å². The zero-order valence-electron chi connectivity index (χ0n) is 12.4. The molecule has 0 fully saturated rings. The number of hydrogen-bond acceptors (Lipinski definition) is 5. The number of anilines is 1. The zero-order valence-corrected chi connectivity index (χ0v) is 12.4. The van der Waals surface area contributed by atoms with E-state index in [1.807, 2.05) is 0 Å². The molecule has 2 aromatic carbocycles. The number of carbonyl (C=O) groups excluding carboxylic acids is 2. The molecule has 0 saturated heterocycles. The third kappa shape index (κ3) is 3.18. The summed E-state index contributed by atoms with van der Waals surface area (Å²) in [5, 5.41) is 13.2. The number of aromatic nitrogens is 3. The Bertz CT molecular complexity index is 855. The Labute approximate surface area is 131 Å². The van der Waals surface area contributed by atoms with Crippen LogP contribution in [0.15, 0.2) is 42.5 Å². The van der Waals surface area contributed by atoms with E-state index in [9.17, 15) is 9.59 Å². The number of nitrogens with zero attached hydrogens (tertiary/aromatic N) is 2. The van der Waals surface area contributed by atoms with Gasteiger partial charge in [0.25, 0.3) is 5.91 Å². The van der Waals surface area contributed by atoms with Crippen LogP contribution in [0.25, 0.3) is 11.0 Å². The van der Waals surface area contributed by atoms with Crippen LogP contribution < -0.4 is 5.32 Å². The van der Waals surface area contributed by atoms with Gasteiger partial charge >= 0.3 is 5.97 Å². The van der Waals surface area contributed by atoms with Crippen molar-refractivity contribution in [3.63, 3.8) is 0 Å². The fourth-order valence-corrected chi connectivity index (χ4v) is 2.09. The highest BCUT2D eigenvalue weighted by molar-refractivity contribution is 6.06. The summed E-state index contributed by atoms with van der Waals surface area (Å²) in [6, 6.07) is 11.6. The van der Waals surface area contributed by atoms with Crippen molar-refractivity contribution < 1.29 is 14.3 Å². The molecular weight excluding hydrogens is 296 g/mol. The molecule has 3 aromatic rings. The third-order valence-electron chi connectivity index (χ3n) is 3.23. The predicted molar refractivity (Wildman–Crippen MR) is 84.2 cm³/mol. The predicted octanol–water partition coefficient (Wildman–Crippen LogP) is 2.39. The number of aromatic amines is 1. The quantitative estimate of drug-likeness (QED) is 0.721. The highest BCUT2D eigenvalue weighted by Gasteiger charge is 2.10. The van der Waals surface area contributed by atoms with Crippen molar-refractivity contribution in [3.8, 4) is 0 Å². The van der Waals surface area contributed by atoms with Gasteiger partial charge in [-0.2, -0.15) is 15.4 Å². The highest BCUT2D eigenvalue weighted by Crippen LogP contribution is 2.15. The lowest BCUT2D eigenvalue weighted by atomic mass is 10.1. The fraction of sp³-hybridized carbons (Fsp3) is 0.125. The Hall–Kier alpha value is -3.22. The van der Waals surface area contributed by atoms with E-state index in [0.29, 0.717) is 34.5 Å². The number of rotatable bonds is 4. The van der Waals surface area contributed by atoms with Crippen molar-refractivity contribution in [2.75, 3.05) is 11.9 Å². The Balaban J connectivity index is 1.73. The molecule has 1 heterocycles. The standard InChI is InChI=1S/C16H14N4O3/c1-2-23-16(22)10-3-6-12(7-4-10)17-15(21)11-5-8-13-14(9-11)19-20-18-13/h3-9H,2H2,1H3,(H,17,21)(H,18,19,20). The number of amides is 1. The minimum absolute atomic E-state index is 0.265. The van der Waals surface area contributed by atoms with Crippen LogP contribution in [0.4, 0.5) is 5.69 Å². The Kier molecular flexibility index (Phi) is 4.01. The number of benzene rings is 2. The van der Waals surface area contributed by atoms with Gasteiger partial charge in [-0.1, -0.05) is 0 Å². The molecule has 0 unspecified atom stereocenters. The average molecular weight is 310 g/mol. The highest BCUT2D eigenvalue weighted by atomic mass is 16.5. The second-order valence-electron chi connectivity index (χ2n) is 4.78. The Morgan fingerprint density at radius 3 is 2.48 bits per heavy atom.